The molecular formula is C12H16O3. The van der Waals surface area contributed by atoms with E-state index in [0.717, 1.165) is 18.3 Å². The van der Waals surface area contributed by atoms with Gasteiger partial charge in [-0.1, -0.05) is 19.1 Å². The van der Waals surface area contributed by atoms with Crippen molar-refractivity contribution >= 4 is 6.29 Å². The molecule has 1 atom stereocenters. The molecule has 0 fully saturated rings. The number of benzene rings is 1. The van der Waals surface area contributed by atoms with Crippen molar-refractivity contribution in [1.82, 2.24) is 0 Å². The molecule has 1 rings (SSSR count). The summed E-state index contributed by atoms with van der Waals surface area (Å²) in [5.41, 5.74) is 0.781. The lowest BCUT2D eigenvalue weighted by Crippen LogP contribution is -1.99. The van der Waals surface area contributed by atoms with Gasteiger partial charge in [-0.25, -0.2) is 0 Å². The summed E-state index contributed by atoms with van der Waals surface area (Å²) in [4.78, 5) is 10.5. The number of aromatic hydroxyl groups is 1. The molecule has 0 saturated carbocycles. The molecule has 0 aliphatic heterocycles. The van der Waals surface area contributed by atoms with Crippen LogP contribution in [0.1, 0.15) is 31.2 Å². The lowest BCUT2D eigenvalue weighted by molar-refractivity contribution is -0.108. The lowest BCUT2D eigenvalue weighted by atomic mass is 9.93. The smallest absolute Gasteiger partial charge is 0.161 e. The number of aldehydes is 1. The van der Waals surface area contributed by atoms with Gasteiger partial charge < -0.3 is 14.6 Å². The third-order valence-corrected chi connectivity index (χ3v) is 2.56. The number of phenols is 1. The fourth-order valence-corrected chi connectivity index (χ4v) is 1.66. The van der Waals surface area contributed by atoms with Crippen LogP contribution in [0, 0.1) is 0 Å². The Morgan fingerprint density at radius 1 is 1.53 bits per heavy atom. The zero-order valence-electron chi connectivity index (χ0n) is 9.06. The molecule has 1 aromatic rings. The first-order valence-corrected chi connectivity index (χ1v) is 5.04. The molecule has 0 aliphatic rings. The SMILES string of the molecule is CCC(CC=O)c1cccc(OC)c1O. The minimum absolute atomic E-state index is 0.0672. The van der Waals surface area contributed by atoms with Gasteiger partial charge in [0, 0.05) is 12.0 Å². The molecule has 0 aliphatic carbocycles. The van der Waals surface area contributed by atoms with E-state index >= 15 is 0 Å². The number of phenolic OH excluding ortho intramolecular Hbond substituents is 1. The molecule has 0 aromatic heterocycles. The Morgan fingerprint density at radius 2 is 2.27 bits per heavy atom. The molecule has 15 heavy (non-hydrogen) atoms. The third-order valence-electron chi connectivity index (χ3n) is 2.56. The van der Waals surface area contributed by atoms with Gasteiger partial charge in [-0.15, -0.1) is 0 Å². The van der Waals surface area contributed by atoms with E-state index in [1.807, 2.05) is 19.1 Å². The van der Waals surface area contributed by atoms with E-state index in [0.29, 0.717) is 12.2 Å². The van der Waals surface area contributed by atoms with Crippen LogP contribution in [0.15, 0.2) is 18.2 Å². The Balaban J connectivity index is 3.06. The molecule has 3 heteroatoms. The van der Waals surface area contributed by atoms with Gasteiger partial charge in [0.05, 0.1) is 7.11 Å². The van der Waals surface area contributed by atoms with Crippen molar-refractivity contribution < 1.29 is 14.6 Å². The number of ether oxygens (including phenoxy) is 1. The van der Waals surface area contributed by atoms with Crippen LogP contribution >= 0.6 is 0 Å². The van der Waals surface area contributed by atoms with Crippen molar-refractivity contribution in [1.29, 1.82) is 0 Å². The summed E-state index contributed by atoms with van der Waals surface area (Å²) in [5, 5.41) is 9.88. The van der Waals surface area contributed by atoms with E-state index in [1.165, 1.54) is 7.11 Å². The summed E-state index contributed by atoms with van der Waals surface area (Å²) >= 11 is 0. The van der Waals surface area contributed by atoms with Crippen LogP contribution in [0.4, 0.5) is 0 Å². The van der Waals surface area contributed by atoms with Crippen LogP contribution in [0.5, 0.6) is 11.5 Å². The van der Waals surface area contributed by atoms with Crippen molar-refractivity contribution in [3.05, 3.63) is 23.8 Å². The zero-order chi connectivity index (χ0) is 11.3. The van der Waals surface area contributed by atoms with Gasteiger partial charge in [0.1, 0.15) is 6.29 Å². The molecule has 3 nitrogen and oxygen atoms in total. The zero-order valence-corrected chi connectivity index (χ0v) is 9.06. The Hall–Kier alpha value is -1.51. The molecule has 0 spiro atoms. The van der Waals surface area contributed by atoms with E-state index in [9.17, 15) is 9.90 Å². The van der Waals surface area contributed by atoms with Crippen LogP contribution in [0.3, 0.4) is 0 Å². The highest BCUT2D eigenvalue weighted by Crippen LogP contribution is 2.36. The second-order valence-electron chi connectivity index (χ2n) is 3.41. The number of carbonyl (C=O) groups excluding carboxylic acids is 1. The molecule has 0 amide bonds. The van der Waals surface area contributed by atoms with E-state index in [-0.39, 0.29) is 11.7 Å². The summed E-state index contributed by atoms with van der Waals surface area (Å²) in [6, 6.07) is 5.35. The highest BCUT2D eigenvalue weighted by atomic mass is 16.5. The number of methoxy groups -OCH3 is 1. The average Bonchev–Trinajstić information content (AvgIpc) is 2.27. The lowest BCUT2D eigenvalue weighted by Gasteiger charge is -2.15. The number of rotatable bonds is 5. The van der Waals surface area contributed by atoms with Gasteiger partial charge in [-0.3, -0.25) is 0 Å². The Morgan fingerprint density at radius 3 is 2.80 bits per heavy atom. The van der Waals surface area contributed by atoms with Crippen molar-refractivity contribution in [2.75, 3.05) is 7.11 Å². The van der Waals surface area contributed by atoms with E-state index < -0.39 is 0 Å². The summed E-state index contributed by atoms with van der Waals surface area (Å²) in [7, 11) is 1.51. The van der Waals surface area contributed by atoms with E-state index in [2.05, 4.69) is 0 Å². The molecule has 1 unspecified atom stereocenters. The standard InChI is InChI=1S/C12H16O3/c1-3-9(7-8-13)10-5-4-6-11(15-2)12(10)14/h4-6,8-9,14H,3,7H2,1-2H3. The molecule has 1 N–H and O–H groups in total. The molecule has 1 aromatic carbocycles. The Kier molecular flexibility index (Phi) is 4.16. The van der Waals surface area contributed by atoms with Gasteiger partial charge in [0.25, 0.3) is 0 Å². The maximum absolute atomic E-state index is 10.5. The molecule has 0 bridgehead atoms. The minimum Gasteiger partial charge on any atom is -0.504 e. The first kappa shape index (κ1) is 11.6. The maximum Gasteiger partial charge on any atom is 0.161 e. The van der Waals surface area contributed by atoms with Crippen molar-refractivity contribution in [3.63, 3.8) is 0 Å². The predicted octanol–water partition coefficient (Wildman–Crippen LogP) is 2.48. The maximum atomic E-state index is 10.5. The fourth-order valence-electron chi connectivity index (χ4n) is 1.66. The Bertz CT molecular complexity index is 334. The summed E-state index contributed by atoms with van der Waals surface area (Å²) in [6.45, 7) is 1.99. The molecule has 0 saturated heterocycles. The van der Waals surface area contributed by atoms with Crippen LogP contribution in [-0.4, -0.2) is 18.5 Å². The summed E-state index contributed by atoms with van der Waals surface area (Å²) in [6.07, 6.45) is 2.13. The first-order valence-electron chi connectivity index (χ1n) is 5.04. The van der Waals surface area contributed by atoms with E-state index in [1.54, 1.807) is 6.07 Å². The Labute approximate surface area is 89.7 Å². The fraction of sp³-hybridized carbons (Fsp3) is 0.417. The quantitative estimate of drug-likeness (QED) is 0.756. The number of carbonyl (C=O) groups is 1. The largest absolute Gasteiger partial charge is 0.504 e. The van der Waals surface area contributed by atoms with Gasteiger partial charge in [0.2, 0.25) is 0 Å². The minimum atomic E-state index is 0.0672. The van der Waals surface area contributed by atoms with Crippen LogP contribution in [0.25, 0.3) is 0 Å². The van der Waals surface area contributed by atoms with Crippen molar-refractivity contribution in [2.24, 2.45) is 0 Å². The summed E-state index contributed by atoms with van der Waals surface area (Å²) < 4.78 is 5.02. The van der Waals surface area contributed by atoms with Crippen LogP contribution in [0.2, 0.25) is 0 Å². The van der Waals surface area contributed by atoms with Gasteiger partial charge >= 0.3 is 0 Å². The second kappa shape index (κ2) is 5.39. The van der Waals surface area contributed by atoms with Gasteiger partial charge in [-0.2, -0.15) is 0 Å². The topological polar surface area (TPSA) is 46.5 Å². The van der Waals surface area contributed by atoms with Gasteiger partial charge in [0.15, 0.2) is 11.5 Å². The molecule has 0 heterocycles. The van der Waals surface area contributed by atoms with E-state index in [4.69, 9.17) is 4.74 Å². The van der Waals surface area contributed by atoms with Crippen LogP contribution in [-0.2, 0) is 4.79 Å². The predicted molar refractivity (Wildman–Crippen MR) is 58.4 cm³/mol. The molecule has 82 valence electrons. The summed E-state index contributed by atoms with van der Waals surface area (Å²) in [5.74, 6) is 0.670. The monoisotopic (exact) mass is 208 g/mol. The number of hydrogen-bond donors (Lipinski definition) is 1. The molecular weight excluding hydrogens is 192 g/mol. The van der Waals surface area contributed by atoms with Crippen LogP contribution < -0.4 is 4.74 Å². The normalized spacial score (nSPS) is 12.1. The average molecular weight is 208 g/mol. The highest BCUT2D eigenvalue weighted by Gasteiger charge is 2.15. The number of para-hydroxylation sites is 1. The highest BCUT2D eigenvalue weighted by molar-refractivity contribution is 5.54. The first-order chi connectivity index (χ1) is 7.24. The molecule has 0 radical (unpaired) electrons. The van der Waals surface area contributed by atoms with Crippen molar-refractivity contribution in [3.8, 4) is 11.5 Å². The second-order valence-corrected chi connectivity index (χ2v) is 3.41. The van der Waals surface area contributed by atoms with Gasteiger partial charge in [-0.05, 0) is 18.4 Å². The van der Waals surface area contributed by atoms with Crippen molar-refractivity contribution in [2.45, 2.75) is 25.7 Å². The third kappa shape index (κ3) is 2.49. The number of hydrogen-bond acceptors (Lipinski definition) is 3.